The van der Waals surface area contributed by atoms with E-state index in [2.05, 4.69) is 17.2 Å². The highest BCUT2D eigenvalue weighted by Gasteiger charge is 2.16. The number of hydroxylamine groups is 1. The Morgan fingerprint density at radius 1 is 1.30 bits per heavy atom. The van der Waals surface area contributed by atoms with Gasteiger partial charge in [0.15, 0.2) is 0 Å². The second-order valence-corrected chi connectivity index (χ2v) is 5.15. The number of aliphatic carboxylic acids is 1. The van der Waals surface area contributed by atoms with Gasteiger partial charge in [-0.15, -0.1) is 0 Å². The molecule has 0 atom stereocenters. The SMILES string of the molecule is CCCc1cccc2nc(NCC(=O)NO)c(CCC(=O)O)n12. The van der Waals surface area contributed by atoms with Crippen molar-refractivity contribution >= 4 is 23.3 Å². The molecule has 0 aliphatic carbocycles. The molecule has 2 aromatic rings. The number of anilines is 1. The molecule has 0 aliphatic rings. The second kappa shape index (κ2) is 7.59. The van der Waals surface area contributed by atoms with E-state index in [9.17, 15) is 9.59 Å². The van der Waals surface area contributed by atoms with Crippen LogP contribution in [0.3, 0.4) is 0 Å². The lowest BCUT2D eigenvalue weighted by Gasteiger charge is -2.09. The first-order valence-electron chi connectivity index (χ1n) is 7.44. The van der Waals surface area contributed by atoms with Crippen molar-refractivity contribution in [1.82, 2.24) is 14.9 Å². The average molecular weight is 320 g/mol. The number of hydrogen-bond donors (Lipinski definition) is 4. The van der Waals surface area contributed by atoms with Crippen LogP contribution in [0.4, 0.5) is 5.82 Å². The van der Waals surface area contributed by atoms with Crippen molar-refractivity contribution in [2.24, 2.45) is 0 Å². The molecule has 1 amide bonds. The number of rotatable bonds is 8. The molecule has 0 saturated heterocycles. The minimum atomic E-state index is -0.896. The maximum absolute atomic E-state index is 11.2. The molecule has 0 spiro atoms. The number of nitrogens with zero attached hydrogens (tertiary/aromatic N) is 2. The summed E-state index contributed by atoms with van der Waals surface area (Å²) >= 11 is 0. The van der Waals surface area contributed by atoms with Crippen LogP contribution in [0.25, 0.3) is 5.65 Å². The van der Waals surface area contributed by atoms with Crippen LogP contribution in [0.15, 0.2) is 18.2 Å². The van der Waals surface area contributed by atoms with Gasteiger partial charge in [-0.05, 0) is 18.6 Å². The Balaban J connectivity index is 2.42. The Morgan fingerprint density at radius 3 is 2.74 bits per heavy atom. The molecular weight excluding hydrogens is 300 g/mol. The van der Waals surface area contributed by atoms with Gasteiger partial charge in [-0.1, -0.05) is 19.4 Å². The van der Waals surface area contributed by atoms with Crippen LogP contribution in [-0.4, -0.2) is 38.1 Å². The minimum Gasteiger partial charge on any atom is -0.481 e. The molecule has 23 heavy (non-hydrogen) atoms. The van der Waals surface area contributed by atoms with Crippen LogP contribution in [0, 0.1) is 0 Å². The molecular formula is C15H20N4O4. The lowest BCUT2D eigenvalue weighted by molar-refractivity contribution is -0.137. The first kappa shape index (κ1) is 16.8. The normalized spacial score (nSPS) is 10.7. The Morgan fingerprint density at radius 2 is 2.09 bits per heavy atom. The summed E-state index contributed by atoms with van der Waals surface area (Å²) in [5.41, 5.74) is 4.00. The van der Waals surface area contributed by atoms with Gasteiger partial charge in [0.1, 0.15) is 11.5 Å². The molecule has 0 aromatic carbocycles. The maximum atomic E-state index is 11.2. The summed E-state index contributed by atoms with van der Waals surface area (Å²) < 4.78 is 1.94. The molecule has 0 aliphatic heterocycles. The van der Waals surface area contributed by atoms with E-state index in [0.29, 0.717) is 17.9 Å². The van der Waals surface area contributed by atoms with E-state index in [1.807, 2.05) is 22.6 Å². The predicted octanol–water partition coefficient (Wildman–Crippen LogP) is 1.22. The number of nitrogens with one attached hydrogen (secondary N) is 2. The molecule has 4 N–H and O–H groups in total. The van der Waals surface area contributed by atoms with Gasteiger partial charge in [0.25, 0.3) is 5.91 Å². The Labute approximate surface area is 133 Å². The molecule has 0 fully saturated rings. The van der Waals surface area contributed by atoms with Crippen LogP contribution >= 0.6 is 0 Å². The molecule has 0 saturated carbocycles. The smallest absolute Gasteiger partial charge is 0.303 e. The summed E-state index contributed by atoms with van der Waals surface area (Å²) in [6.07, 6.45) is 2.05. The topological polar surface area (TPSA) is 116 Å². The zero-order chi connectivity index (χ0) is 16.8. The molecule has 2 aromatic heterocycles. The first-order chi connectivity index (χ1) is 11.1. The van der Waals surface area contributed by atoms with Gasteiger partial charge in [0.2, 0.25) is 0 Å². The number of hydrogen-bond acceptors (Lipinski definition) is 5. The number of fused-ring (bicyclic) bond motifs is 1. The predicted molar refractivity (Wildman–Crippen MR) is 83.6 cm³/mol. The van der Waals surface area contributed by atoms with Crippen molar-refractivity contribution in [3.8, 4) is 0 Å². The Hall–Kier alpha value is -2.61. The highest BCUT2D eigenvalue weighted by molar-refractivity contribution is 5.79. The van der Waals surface area contributed by atoms with E-state index in [-0.39, 0.29) is 13.0 Å². The van der Waals surface area contributed by atoms with E-state index < -0.39 is 11.9 Å². The molecule has 0 bridgehead atoms. The molecule has 0 unspecified atom stereocenters. The fourth-order valence-corrected chi connectivity index (χ4v) is 2.48. The van der Waals surface area contributed by atoms with Crippen molar-refractivity contribution in [3.63, 3.8) is 0 Å². The zero-order valence-corrected chi connectivity index (χ0v) is 12.9. The van der Waals surface area contributed by atoms with Crippen LogP contribution in [-0.2, 0) is 22.4 Å². The van der Waals surface area contributed by atoms with Crippen molar-refractivity contribution in [2.45, 2.75) is 32.6 Å². The number of aryl methyl sites for hydroxylation is 2. The second-order valence-electron chi connectivity index (χ2n) is 5.15. The van der Waals surface area contributed by atoms with E-state index >= 15 is 0 Å². The fourth-order valence-electron chi connectivity index (χ4n) is 2.48. The van der Waals surface area contributed by atoms with E-state index in [1.54, 1.807) is 5.48 Å². The number of carbonyl (C=O) groups is 2. The Kier molecular flexibility index (Phi) is 5.53. The van der Waals surface area contributed by atoms with E-state index in [0.717, 1.165) is 24.2 Å². The molecule has 8 nitrogen and oxygen atoms in total. The lowest BCUT2D eigenvalue weighted by atomic mass is 10.2. The molecule has 2 rings (SSSR count). The highest BCUT2D eigenvalue weighted by Crippen LogP contribution is 2.22. The summed E-state index contributed by atoms with van der Waals surface area (Å²) in [6.45, 7) is 1.92. The van der Waals surface area contributed by atoms with Crippen molar-refractivity contribution < 1.29 is 19.9 Å². The van der Waals surface area contributed by atoms with Gasteiger partial charge >= 0.3 is 5.97 Å². The summed E-state index contributed by atoms with van der Waals surface area (Å²) in [4.78, 5) is 26.5. The lowest BCUT2D eigenvalue weighted by Crippen LogP contribution is -2.27. The number of carboxylic acid groups (broad SMARTS) is 1. The van der Waals surface area contributed by atoms with Gasteiger partial charge in [0, 0.05) is 12.1 Å². The van der Waals surface area contributed by atoms with Crippen molar-refractivity contribution in [1.29, 1.82) is 0 Å². The number of pyridine rings is 1. The van der Waals surface area contributed by atoms with Crippen molar-refractivity contribution in [3.05, 3.63) is 29.6 Å². The van der Waals surface area contributed by atoms with Gasteiger partial charge in [-0.2, -0.15) is 0 Å². The number of aromatic nitrogens is 2. The van der Waals surface area contributed by atoms with E-state index in [1.165, 1.54) is 0 Å². The molecule has 2 heterocycles. The maximum Gasteiger partial charge on any atom is 0.303 e. The summed E-state index contributed by atoms with van der Waals surface area (Å²) in [6, 6.07) is 5.71. The third-order valence-electron chi connectivity index (χ3n) is 3.44. The van der Waals surface area contributed by atoms with Gasteiger partial charge in [-0.3, -0.25) is 19.2 Å². The average Bonchev–Trinajstić information content (AvgIpc) is 2.89. The van der Waals surface area contributed by atoms with Gasteiger partial charge in [0.05, 0.1) is 18.7 Å². The third-order valence-corrected chi connectivity index (χ3v) is 3.44. The number of carbonyl (C=O) groups excluding carboxylic acids is 1. The molecule has 8 heteroatoms. The number of imidazole rings is 1. The summed E-state index contributed by atoms with van der Waals surface area (Å²) in [5, 5.41) is 20.4. The summed E-state index contributed by atoms with van der Waals surface area (Å²) in [5.74, 6) is -1.04. The molecule has 0 radical (unpaired) electrons. The fraction of sp³-hybridized carbons (Fsp3) is 0.400. The highest BCUT2D eigenvalue weighted by atomic mass is 16.5. The van der Waals surface area contributed by atoms with Crippen LogP contribution in [0.2, 0.25) is 0 Å². The third kappa shape index (κ3) is 3.98. The zero-order valence-electron chi connectivity index (χ0n) is 12.9. The summed E-state index contributed by atoms with van der Waals surface area (Å²) in [7, 11) is 0. The van der Waals surface area contributed by atoms with Gasteiger partial charge < -0.3 is 10.4 Å². The first-order valence-corrected chi connectivity index (χ1v) is 7.44. The number of amides is 1. The van der Waals surface area contributed by atoms with E-state index in [4.69, 9.17) is 10.3 Å². The largest absolute Gasteiger partial charge is 0.481 e. The van der Waals surface area contributed by atoms with Crippen LogP contribution in [0.5, 0.6) is 0 Å². The van der Waals surface area contributed by atoms with Crippen molar-refractivity contribution in [2.75, 3.05) is 11.9 Å². The standard InChI is InChI=1S/C15H20N4O4/c1-2-4-10-5-3-6-12-17-15(16-9-13(20)18-23)11(19(10)12)7-8-14(21)22/h3,5-6,16,23H,2,4,7-9H2,1H3,(H,18,20)(H,21,22). The van der Waals surface area contributed by atoms with Crippen LogP contribution in [0.1, 0.15) is 31.2 Å². The minimum absolute atomic E-state index is 0.0326. The quantitative estimate of drug-likeness (QED) is 0.429. The number of carboxylic acids is 1. The van der Waals surface area contributed by atoms with Crippen LogP contribution < -0.4 is 10.8 Å². The van der Waals surface area contributed by atoms with Gasteiger partial charge in [-0.25, -0.2) is 10.5 Å². The molecule has 124 valence electrons. The Bertz CT molecular complexity index is 711. The monoisotopic (exact) mass is 320 g/mol.